The molecule has 3 rings (SSSR count). The minimum Gasteiger partial charge on any atom is -0.854 e. The number of aromatic nitrogens is 3. The molecule has 0 saturated carbocycles. The van der Waals surface area contributed by atoms with Gasteiger partial charge in [-0.3, -0.25) is 9.59 Å². The van der Waals surface area contributed by atoms with Gasteiger partial charge in [-0.1, -0.05) is 11.8 Å². The van der Waals surface area contributed by atoms with Gasteiger partial charge in [0.15, 0.2) is 5.16 Å². The van der Waals surface area contributed by atoms with Crippen LogP contribution >= 0.6 is 23.5 Å². The molecule has 3 heterocycles. The number of aliphatic carboxylic acids is 1. The second-order valence-electron chi connectivity index (χ2n) is 5.78. The Morgan fingerprint density at radius 2 is 2.04 bits per heavy atom. The van der Waals surface area contributed by atoms with Crippen LogP contribution in [0.15, 0.2) is 9.95 Å². The summed E-state index contributed by atoms with van der Waals surface area (Å²) in [6.45, 7) is 1.49. The Bertz CT molecular complexity index is 795. The minimum atomic E-state index is -1.37. The third-order valence-electron chi connectivity index (χ3n) is 4.12. The number of thioether (sulfide) groups is 2. The number of β-lactam (4-membered cyclic amide) rings is 1. The average molecular weight is 432 g/mol. The van der Waals surface area contributed by atoms with Gasteiger partial charge < -0.3 is 25.0 Å². The molecule has 14 heteroatoms. The molecule has 10 nitrogen and oxygen atoms in total. The van der Waals surface area contributed by atoms with Crippen molar-refractivity contribution in [1.82, 2.24) is 19.7 Å². The van der Waals surface area contributed by atoms with Crippen LogP contribution in [0.1, 0.15) is 6.92 Å². The number of amides is 1. The molecule has 136 valence electrons. The van der Waals surface area contributed by atoms with E-state index < -0.39 is 52.0 Å². The first-order chi connectivity index (χ1) is 11.7. The molecule has 2 aliphatic rings. The van der Waals surface area contributed by atoms with Gasteiger partial charge in [-0.2, -0.15) is 10.1 Å². The zero-order valence-corrected chi connectivity index (χ0v) is 20.8. The molecule has 2 saturated heterocycles. The Labute approximate surface area is 207 Å². The van der Waals surface area contributed by atoms with Gasteiger partial charge in [-0.15, -0.1) is 11.8 Å². The van der Waals surface area contributed by atoms with E-state index in [1.165, 1.54) is 30.6 Å². The maximum absolute atomic E-state index is 12.1. The van der Waals surface area contributed by atoms with Crippen LogP contribution in [0.2, 0.25) is 0 Å². The van der Waals surface area contributed by atoms with Gasteiger partial charge in [-0.05, 0) is 6.92 Å². The average Bonchev–Trinajstić information content (AvgIpc) is 2.83. The van der Waals surface area contributed by atoms with Crippen LogP contribution in [0.3, 0.4) is 0 Å². The van der Waals surface area contributed by atoms with E-state index in [4.69, 9.17) is 0 Å². The van der Waals surface area contributed by atoms with Crippen molar-refractivity contribution in [2.24, 2.45) is 13.0 Å². The first-order valence-corrected chi connectivity index (χ1v) is 9.27. The summed E-state index contributed by atoms with van der Waals surface area (Å²) in [6, 6.07) is -1.12. The number of carboxylic acids is 1. The molecule has 0 radical (unpaired) electrons. The summed E-state index contributed by atoms with van der Waals surface area (Å²) in [4.78, 5) is 39.8. The van der Waals surface area contributed by atoms with Crippen molar-refractivity contribution in [2.75, 3.05) is 5.75 Å². The molecule has 5 atom stereocenters. The van der Waals surface area contributed by atoms with Crippen LogP contribution in [0, 0.1) is 5.92 Å². The number of carbonyl (C=O) groups excluding carboxylic acids is 2. The molecule has 1 N–H and O–H groups in total. The van der Waals surface area contributed by atoms with Crippen molar-refractivity contribution in [3.8, 4) is 5.88 Å². The van der Waals surface area contributed by atoms with Crippen LogP contribution in [-0.4, -0.2) is 65.2 Å². The number of carboxylic acid groups (broad SMARTS) is 1. The molecule has 2 aliphatic heterocycles. The Morgan fingerprint density at radius 3 is 2.59 bits per heavy atom. The molecule has 2 unspecified atom stereocenters. The zero-order chi connectivity index (χ0) is 18.5. The number of rotatable bonds is 5. The quantitative estimate of drug-likeness (QED) is 0.270. The topological polar surface area (TPSA) is 152 Å². The molecule has 0 aromatic carbocycles. The Hall–Kier alpha value is 0.210. The molecular formula is C13H14N4Na2O6S2. The summed E-state index contributed by atoms with van der Waals surface area (Å²) in [7, 11) is 1.45. The summed E-state index contributed by atoms with van der Waals surface area (Å²) in [5.41, 5.74) is -0.982. The molecule has 0 bridgehead atoms. The van der Waals surface area contributed by atoms with Crippen LogP contribution in [-0.2, 0) is 16.6 Å². The second kappa shape index (κ2) is 9.81. The number of aliphatic hydroxyl groups excluding tert-OH is 1. The van der Waals surface area contributed by atoms with E-state index in [-0.39, 0.29) is 70.0 Å². The van der Waals surface area contributed by atoms with E-state index in [0.29, 0.717) is 0 Å². The van der Waals surface area contributed by atoms with E-state index in [0.717, 1.165) is 16.4 Å². The third kappa shape index (κ3) is 4.69. The van der Waals surface area contributed by atoms with Crippen molar-refractivity contribution < 1.29 is 84.0 Å². The first kappa shape index (κ1) is 25.2. The Morgan fingerprint density at radius 1 is 1.41 bits per heavy atom. The maximum Gasteiger partial charge on any atom is 1.00 e. The summed E-state index contributed by atoms with van der Waals surface area (Å²) < 4.78 is 1.15. The predicted molar refractivity (Wildman–Crippen MR) is 83.4 cm³/mol. The smallest absolute Gasteiger partial charge is 0.854 e. The number of carbonyl (C=O) groups is 2. The van der Waals surface area contributed by atoms with Crippen molar-refractivity contribution >= 4 is 35.4 Å². The van der Waals surface area contributed by atoms with Crippen molar-refractivity contribution in [3.05, 3.63) is 10.4 Å². The van der Waals surface area contributed by atoms with Gasteiger partial charge in [0.05, 0.1) is 35.3 Å². The van der Waals surface area contributed by atoms with E-state index in [1.807, 2.05) is 0 Å². The standard InChI is InChI=1S/C13H16N4O6S2.2Na/c1-4(18)6-10(21)17-7(12(22)23)5(25-11(6)17)3-24-13-14-8(19)9(20)15-16(13)2;;/h4-7,11,18H,3H2,1-2H3,(H,15,20)(H,22,23);;/q;2*+1/p-2/t4-,5?,6+,7?,11-;;/m1../s1. The molecule has 1 aromatic rings. The molecule has 1 aromatic heterocycles. The van der Waals surface area contributed by atoms with Crippen LogP contribution in [0.4, 0.5) is 0 Å². The van der Waals surface area contributed by atoms with E-state index in [1.54, 1.807) is 0 Å². The molecule has 27 heavy (non-hydrogen) atoms. The maximum atomic E-state index is 12.1. The van der Waals surface area contributed by atoms with Crippen molar-refractivity contribution in [1.29, 1.82) is 0 Å². The van der Waals surface area contributed by atoms with E-state index in [9.17, 15) is 29.7 Å². The zero-order valence-electron chi connectivity index (χ0n) is 15.2. The van der Waals surface area contributed by atoms with Crippen molar-refractivity contribution in [2.45, 2.75) is 34.8 Å². The fourth-order valence-electron chi connectivity index (χ4n) is 2.94. The fraction of sp³-hybridized carbons (Fsp3) is 0.615. The minimum absolute atomic E-state index is 0. The molecular weight excluding hydrogens is 418 g/mol. The van der Waals surface area contributed by atoms with Gasteiger partial charge >= 0.3 is 59.1 Å². The number of nitrogens with zero attached hydrogens (tertiary/aromatic N) is 4. The summed E-state index contributed by atoms with van der Waals surface area (Å²) >= 11 is 2.34. The number of fused-ring (bicyclic) bond motifs is 1. The van der Waals surface area contributed by atoms with Gasteiger partial charge in [0.1, 0.15) is 0 Å². The van der Waals surface area contributed by atoms with E-state index >= 15 is 0 Å². The summed E-state index contributed by atoms with van der Waals surface area (Å²) in [5.74, 6) is -3.16. The Balaban J connectivity index is 0.00000182. The normalized spacial score (nSPS) is 27.1. The molecule has 2 fully saturated rings. The van der Waals surface area contributed by atoms with Gasteiger partial charge in [-0.25, -0.2) is 4.68 Å². The number of hydrogen-bond acceptors (Lipinski definition) is 10. The summed E-state index contributed by atoms with van der Waals surface area (Å²) in [6.07, 6.45) is -0.869. The fourth-order valence-corrected chi connectivity index (χ4v) is 5.96. The molecule has 0 aliphatic carbocycles. The largest absolute Gasteiger partial charge is 1.00 e. The Kier molecular flexibility index (Phi) is 9.17. The van der Waals surface area contributed by atoms with Crippen LogP contribution in [0.25, 0.3) is 0 Å². The predicted octanol–water partition coefficient (Wildman–Crippen LogP) is -9.25. The third-order valence-corrected chi connectivity index (χ3v) is 7.05. The molecule has 1 amide bonds. The molecule has 0 spiro atoms. The van der Waals surface area contributed by atoms with Gasteiger partial charge in [0.2, 0.25) is 5.91 Å². The SMILES string of the molecule is C[C@@H](O)[C@H]1C(=O)N2C(C(=O)[O-])C(CSc3nc(=O)c([O-])nn3C)S[C@H]12.[Na+].[Na+]. The second-order valence-corrected chi connectivity index (χ2v) is 8.13. The van der Waals surface area contributed by atoms with E-state index in [2.05, 4.69) is 10.1 Å². The van der Waals surface area contributed by atoms with Gasteiger partial charge in [0, 0.05) is 18.1 Å². The number of aryl methyl sites for hydroxylation is 1. The number of aliphatic hydroxyl groups is 1. The number of hydrogen-bond donors (Lipinski definition) is 1. The van der Waals surface area contributed by atoms with Crippen LogP contribution in [0.5, 0.6) is 5.88 Å². The first-order valence-electron chi connectivity index (χ1n) is 7.34. The monoisotopic (exact) mass is 432 g/mol. The summed E-state index contributed by atoms with van der Waals surface area (Å²) in [5, 5.41) is 35.1. The van der Waals surface area contributed by atoms with Crippen molar-refractivity contribution in [3.63, 3.8) is 0 Å². The van der Waals surface area contributed by atoms with Crippen LogP contribution < -0.4 is 74.9 Å². The van der Waals surface area contributed by atoms with Gasteiger partial charge in [0.25, 0.3) is 5.56 Å².